The Morgan fingerprint density at radius 2 is 2.26 bits per heavy atom. The predicted molar refractivity (Wildman–Crippen MR) is 78.9 cm³/mol. The first-order valence-corrected chi connectivity index (χ1v) is 7.25. The molecule has 0 aliphatic carbocycles. The predicted octanol–water partition coefficient (Wildman–Crippen LogP) is 2.46. The van der Waals surface area contributed by atoms with E-state index in [4.69, 9.17) is 16.3 Å². The second-order valence-corrected chi connectivity index (χ2v) is 5.54. The molecular formula is C14H22ClN3O. The molecule has 19 heavy (non-hydrogen) atoms. The first-order valence-electron chi connectivity index (χ1n) is 6.87. The molecule has 1 aliphatic heterocycles. The van der Waals surface area contributed by atoms with Gasteiger partial charge in [0.2, 0.25) is 0 Å². The Labute approximate surface area is 120 Å². The Hall–Kier alpha value is -0.840. The van der Waals surface area contributed by atoms with Crippen molar-refractivity contribution in [3.63, 3.8) is 0 Å². The number of hydrogen-bond donors (Lipinski definition) is 1. The summed E-state index contributed by atoms with van der Waals surface area (Å²) < 4.78 is 5.45. The minimum Gasteiger partial charge on any atom is -0.380 e. The third kappa shape index (κ3) is 4.34. The maximum atomic E-state index is 6.36. The van der Waals surface area contributed by atoms with Gasteiger partial charge in [-0.3, -0.25) is 0 Å². The third-order valence-electron chi connectivity index (χ3n) is 3.11. The Balaban J connectivity index is 2.05. The molecule has 0 saturated carbocycles. The van der Waals surface area contributed by atoms with Gasteiger partial charge in [-0.05, 0) is 18.1 Å². The van der Waals surface area contributed by atoms with E-state index in [1.165, 1.54) is 0 Å². The maximum Gasteiger partial charge on any atom is 0.147 e. The van der Waals surface area contributed by atoms with Crippen LogP contribution in [0.4, 0.5) is 5.82 Å². The molecule has 0 unspecified atom stereocenters. The van der Waals surface area contributed by atoms with Gasteiger partial charge in [0.05, 0.1) is 11.6 Å². The van der Waals surface area contributed by atoms with Crippen LogP contribution in [0.2, 0.25) is 5.02 Å². The van der Waals surface area contributed by atoms with Gasteiger partial charge in [-0.2, -0.15) is 0 Å². The van der Waals surface area contributed by atoms with Crippen LogP contribution in [0.5, 0.6) is 0 Å². The van der Waals surface area contributed by atoms with Crippen molar-refractivity contribution >= 4 is 17.4 Å². The van der Waals surface area contributed by atoms with Crippen LogP contribution in [-0.4, -0.2) is 37.3 Å². The molecule has 0 spiro atoms. The second-order valence-electron chi connectivity index (χ2n) is 5.14. The van der Waals surface area contributed by atoms with Crippen LogP contribution >= 0.6 is 11.6 Å². The van der Waals surface area contributed by atoms with Gasteiger partial charge in [-0.15, -0.1) is 0 Å². The summed E-state index contributed by atoms with van der Waals surface area (Å²) in [6, 6.07) is 2.46. The van der Waals surface area contributed by atoms with Crippen molar-refractivity contribution in [1.29, 1.82) is 0 Å². The first kappa shape index (κ1) is 14.6. The van der Waals surface area contributed by atoms with Crippen LogP contribution in [0.15, 0.2) is 12.3 Å². The van der Waals surface area contributed by atoms with Gasteiger partial charge >= 0.3 is 0 Å². The standard InChI is InChI=1S/C14H22ClN3O/c1-11(2)16-9-12-8-13(15)14(17-10-12)18-4-3-6-19-7-5-18/h8,10-11,16H,3-7,9H2,1-2H3. The van der Waals surface area contributed by atoms with E-state index in [1.807, 2.05) is 12.3 Å². The number of pyridine rings is 1. The van der Waals surface area contributed by atoms with Gasteiger partial charge in [0.15, 0.2) is 0 Å². The third-order valence-corrected chi connectivity index (χ3v) is 3.39. The Morgan fingerprint density at radius 3 is 3.00 bits per heavy atom. The maximum absolute atomic E-state index is 6.36. The zero-order valence-corrected chi connectivity index (χ0v) is 12.4. The molecule has 0 amide bonds. The molecule has 1 aliphatic rings. The van der Waals surface area contributed by atoms with Crippen LogP contribution in [0.25, 0.3) is 0 Å². The highest BCUT2D eigenvalue weighted by Gasteiger charge is 2.14. The molecule has 2 rings (SSSR count). The molecule has 0 atom stereocenters. The summed E-state index contributed by atoms with van der Waals surface area (Å²) in [5, 5.41) is 4.09. The van der Waals surface area contributed by atoms with Gasteiger partial charge in [0, 0.05) is 38.5 Å². The van der Waals surface area contributed by atoms with Crippen molar-refractivity contribution < 1.29 is 4.74 Å². The average molecular weight is 284 g/mol. The van der Waals surface area contributed by atoms with Crippen molar-refractivity contribution in [1.82, 2.24) is 10.3 Å². The number of aromatic nitrogens is 1. The van der Waals surface area contributed by atoms with Gasteiger partial charge < -0.3 is 15.0 Å². The fraction of sp³-hybridized carbons (Fsp3) is 0.643. The highest BCUT2D eigenvalue weighted by atomic mass is 35.5. The summed E-state index contributed by atoms with van der Waals surface area (Å²) >= 11 is 6.36. The van der Waals surface area contributed by atoms with Crippen LogP contribution in [0.3, 0.4) is 0 Å². The van der Waals surface area contributed by atoms with E-state index in [9.17, 15) is 0 Å². The van der Waals surface area contributed by atoms with Crippen molar-refractivity contribution in [3.8, 4) is 0 Å². The summed E-state index contributed by atoms with van der Waals surface area (Å²) in [7, 11) is 0. The molecule has 1 fully saturated rings. The lowest BCUT2D eigenvalue weighted by molar-refractivity contribution is 0.152. The zero-order valence-electron chi connectivity index (χ0n) is 11.7. The summed E-state index contributed by atoms with van der Waals surface area (Å²) in [6.45, 7) is 8.43. The lowest BCUT2D eigenvalue weighted by atomic mass is 10.2. The van der Waals surface area contributed by atoms with E-state index >= 15 is 0 Å². The van der Waals surface area contributed by atoms with E-state index in [-0.39, 0.29) is 0 Å². The van der Waals surface area contributed by atoms with E-state index in [0.717, 1.165) is 55.7 Å². The van der Waals surface area contributed by atoms with Gasteiger partial charge in [0.1, 0.15) is 5.82 Å². The lowest BCUT2D eigenvalue weighted by Gasteiger charge is -2.22. The molecule has 4 nitrogen and oxygen atoms in total. The SMILES string of the molecule is CC(C)NCc1cnc(N2CCCOCC2)c(Cl)c1. The minimum absolute atomic E-state index is 0.459. The number of rotatable bonds is 4. The molecule has 2 heterocycles. The molecule has 1 saturated heterocycles. The highest BCUT2D eigenvalue weighted by Crippen LogP contribution is 2.24. The molecule has 1 aromatic heterocycles. The highest BCUT2D eigenvalue weighted by molar-refractivity contribution is 6.33. The van der Waals surface area contributed by atoms with Crippen molar-refractivity contribution in [2.45, 2.75) is 32.9 Å². The normalized spacial score (nSPS) is 16.7. The van der Waals surface area contributed by atoms with E-state index in [2.05, 4.69) is 29.0 Å². The topological polar surface area (TPSA) is 37.4 Å². The van der Waals surface area contributed by atoms with Crippen LogP contribution in [-0.2, 0) is 11.3 Å². The van der Waals surface area contributed by atoms with Gasteiger partial charge in [-0.1, -0.05) is 25.4 Å². The molecular weight excluding hydrogens is 262 g/mol. The molecule has 5 heteroatoms. The molecule has 1 N–H and O–H groups in total. The quantitative estimate of drug-likeness (QED) is 0.921. The average Bonchev–Trinajstić information content (AvgIpc) is 2.65. The largest absolute Gasteiger partial charge is 0.380 e. The second kappa shape index (κ2) is 7.08. The van der Waals surface area contributed by atoms with Crippen LogP contribution < -0.4 is 10.2 Å². The lowest BCUT2D eigenvalue weighted by Crippen LogP contribution is -2.27. The van der Waals surface area contributed by atoms with E-state index in [1.54, 1.807) is 0 Å². The number of nitrogens with zero attached hydrogens (tertiary/aromatic N) is 2. The summed E-state index contributed by atoms with van der Waals surface area (Å²) in [5.74, 6) is 0.875. The van der Waals surface area contributed by atoms with Crippen LogP contribution in [0, 0.1) is 0 Å². The number of halogens is 1. The van der Waals surface area contributed by atoms with Crippen molar-refractivity contribution in [3.05, 3.63) is 22.8 Å². The monoisotopic (exact) mass is 283 g/mol. The summed E-state index contributed by atoms with van der Waals surface area (Å²) in [5.41, 5.74) is 1.12. The van der Waals surface area contributed by atoms with Crippen molar-refractivity contribution in [2.75, 3.05) is 31.2 Å². The van der Waals surface area contributed by atoms with E-state index < -0.39 is 0 Å². The van der Waals surface area contributed by atoms with Crippen molar-refractivity contribution in [2.24, 2.45) is 0 Å². The molecule has 0 bridgehead atoms. The van der Waals surface area contributed by atoms with Gasteiger partial charge in [0.25, 0.3) is 0 Å². The molecule has 0 radical (unpaired) electrons. The van der Waals surface area contributed by atoms with E-state index in [0.29, 0.717) is 6.04 Å². The Morgan fingerprint density at radius 1 is 1.42 bits per heavy atom. The first-order chi connectivity index (χ1) is 9.16. The number of ether oxygens (including phenoxy) is 1. The summed E-state index contributed by atoms with van der Waals surface area (Å²) in [6.07, 6.45) is 2.93. The Kier molecular flexibility index (Phi) is 5.43. The smallest absolute Gasteiger partial charge is 0.147 e. The fourth-order valence-electron chi connectivity index (χ4n) is 2.08. The van der Waals surface area contributed by atoms with Gasteiger partial charge in [-0.25, -0.2) is 4.98 Å². The minimum atomic E-state index is 0.459. The Bertz CT molecular complexity index is 404. The number of anilines is 1. The molecule has 0 aromatic carbocycles. The zero-order chi connectivity index (χ0) is 13.7. The van der Waals surface area contributed by atoms with Crippen LogP contribution in [0.1, 0.15) is 25.8 Å². The number of nitrogens with one attached hydrogen (secondary N) is 1. The molecule has 1 aromatic rings. The molecule has 106 valence electrons. The fourth-order valence-corrected chi connectivity index (χ4v) is 2.39. The number of hydrogen-bond acceptors (Lipinski definition) is 4. The summed E-state index contributed by atoms with van der Waals surface area (Å²) in [4.78, 5) is 6.72.